The number of carbonyl (C=O) groups is 2. The molecule has 2 aromatic carbocycles. The van der Waals surface area contributed by atoms with Crippen LogP contribution in [0.25, 0.3) is 0 Å². The molecule has 1 N–H and O–H groups in total. The average Bonchev–Trinajstić information content (AvgIpc) is 2.73. The molecule has 154 valence electrons. The molecule has 2 aromatic rings. The molecule has 0 fully saturated rings. The van der Waals surface area contributed by atoms with Gasteiger partial charge in [0.1, 0.15) is 5.75 Å². The predicted octanol–water partition coefficient (Wildman–Crippen LogP) is 2.78. The van der Waals surface area contributed by atoms with Gasteiger partial charge in [-0.1, -0.05) is 43.3 Å². The summed E-state index contributed by atoms with van der Waals surface area (Å²) in [5, 5.41) is 3.02. The van der Waals surface area contributed by atoms with Crippen molar-refractivity contribution in [3.05, 3.63) is 59.7 Å². The average molecular weight is 396 g/mol. The number of ether oxygens (including phenoxy) is 1. The smallest absolute Gasteiger partial charge is 0.265 e. The Morgan fingerprint density at radius 2 is 1.90 bits per heavy atom. The summed E-state index contributed by atoms with van der Waals surface area (Å²) in [7, 11) is 4.02. The highest BCUT2D eigenvalue weighted by molar-refractivity contribution is 5.98. The Kier molecular flexibility index (Phi) is 6.88. The third-order valence-electron chi connectivity index (χ3n) is 5.26. The van der Waals surface area contributed by atoms with Crippen molar-refractivity contribution >= 4 is 17.5 Å². The molecule has 6 heteroatoms. The van der Waals surface area contributed by atoms with E-state index in [0.29, 0.717) is 18.8 Å². The van der Waals surface area contributed by atoms with Crippen molar-refractivity contribution in [3.63, 3.8) is 0 Å². The van der Waals surface area contributed by atoms with E-state index in [1.807, 2.05) is 38.4 Å². The van der Waals surface area contributed by atoms with Crippen molar-refractivity contribution < 1.29 is 14.3 Å². The van der Waals surface area contributed by atoms with Crippen molar-refractivity contribution in [2.45, 2.75) is 25.8 Å². The zero-order valence-electron chi connectivity index (χ0n) is 17.4. The van der Waals surface area contributed by atoms with Crippen LogP contribution in [0.5, 0.6) is 5.75 Å². The lowest BCUT2D eigenvalue weighted by molar-refractivity contribution is -0.122. The molecular formula is C23H29N3O3. The fraction of sp³-hybridized carbons (Fsp3) is 0.391. The first kappa shape index (κ1) is 20.9. The highest BCUT2D eigenvalue weighted by Gasteiger charge is 2.25. The molecule has 0 saturated heterocycles. The summed E-state index contributed by atoms with van der Waals surface area (Å²) < 4.78 is 5.45. The third kappa shape index (κ3) is 5.15. The summed E-state index contributed by atoms with van der Waals surface area (Å²) in [6.45, 7) is 3.00. The van der Waals surface area contributed by atoms with E-state index in [1.165, 1.54) is 11.1 Å². The second kappa shape index (κ2) is 9.56. The van der Waals surface area contributed by atoms with E-state index < -0.39 is 0 Å². The highest BCUT2D eigenvalue weighted by atomic mass is 16.5. The van der Waals surface area contributed by atoms with Crippen LogP contribution in [0.3, 0.4) is 0 Å². The van der Waals surface area contributed by atoms with Crippen LogP contribution < -0.4 is 15.0 Å². The van der Waals surface area contributed by atoms with E-state index in [2.05, 4.69) is 41.4 Å². The molecule has 0 saturated carbocycles. The normalized spacial score (nSPS) is 14.3. The van der Waals surface area contributed by atoms with Gasteiger partial charge in [-0.25, -0.2) is 0 Å². The maximum absolute atomic E-state index is 12.5. The van der Waals surface area contributed by atoms with Crippen LogP contribution in [0.1, 0.15) is 30.5 Å². The van der Waals surface area contributed by atoms with E-state index in [4.69, 9.17) is 4.74 Å². The summed E-state index contributed by atoms with van der Waals surface area (Å²) in [4.78, 5) is 28.4. The summed E-state index contributed by atoms with van der Waals surface area (Å²) in [6, 6.07) is 16.0. The molecule has 6 nitrogen and oxygen atoms in total. The van der Waals surface area contributed by atoms with E-state index >= 15 is 0 Å². The number of nitrogens with one attached hydrogen (secondary N) is 1. The number of benzene rings is 2. The molecule has 1 aliphatic rings. The Hall–Kier alpha value is -2.86. The first-order valence-electron chi connectivity index (χ1n) is 10.0. The summed E-state index contributed by atoms with van der Waals surface area (Å²) in [5.41, 5.74) is 3.19. The van der Waals surface area contributed by atoms with Crippen LogP contribution in [0, 0.1) is 0 Å². The molecular weight excluding hydrogens is 366 g/mol. The number of carbonyl (C=O) groups excluding carboxylic acids is 2. The van der Waals surface area contributed by atoms with Gasteiger partial charge in [0, 0.05) is 19.5 Å². The van der Waals surface area contributed by atoms with Crippen LogP contribution in [0.4, 0.5) is 5.69 Å². The monoisotopic (exact) mass is 395 g/mol. The Morgan fingerprint density at radius 1 is 1.17 bits per heavy atom. The fourth-order valence-corrected chi connectivity index (χ4v) is 3.49. The Labute approximate surface area is 172 Å². The van der Waals surface area contributed by atoms with Gasteiger partial charge in [0.25, 0.3) is 5.91 Å². The van der Waals surface area contributed by atoms with Crippen LogP contribution in [0.2, 0.25) is 0 Å². The Bertz CT molecular complexity index is 849. The lowest BCUT2D eigenvalue weighted by Gasteiger charge is -2.29. The maximum atomic E-state index is 12.5. The van der Waals surface area contributed by atoms with E-state index in [1.54, 1.807) is 4.90 Å². The van der Waals surface area contributed by atoms with Gasteiger partial charge in [0.15, 0.2) is 6.61 Å². The number of hydrogen-bond donors (Lipinski definition) is 1. The number of aryl methyl sites for hydroxylation is 1. The Morgan fingerprint density at radius 3 is 2.59 bits per heavy atom. The molecule has 0 unspecified atom stereocenters. The standard InChI is InChI=1S/C23H29N3O3/c1-4-17-9-11-18(12-10-17)20(25(2)3)15-24-22(27)13-14-26-19-7-5-6-8-21(19)29-16-23(26)28/h5-12,20H,4,13-16H2,1-3H3,(H,24,27)/t20-/m0/s1. The molecule has 1 atom stereocenters. The number of rotatable bonds is 8. The number of para-hydroxylation sites is 2. The minimum absolute atomic E-state index is 0.00902. The molecule has 0 bridgehead atoms. The molecule has 0 aromatic heterocycles. The summed E-state index contributed by atoms with van der Waals surface area (Å²) in [6.07, 6.45) is 1.25. The highest BCUT2D eigenvalue weighted by Crippen LogP contribution is 2.31. The van der Waals surface area contributed by atoms with E-state index in [0.717, 1.165) is 12.1 Å². The Balaban J connectivity index is 1.56. The zero-order chi connectivity index (χ0) is 20.8. The molecule has 1 aliphatic heterocycles. The van der Waals surface area contributed by atoms with Gasteiger partial charge < -0.3 is 19.9 Å². The van der Waals surface area contributed by atoms with Gasteiger partial charge in [-0.05, 0) is 43.8 Å². The number of amides is 2. The topological polar surface area (TPSA) is 61.9 Å². The maximum Gasteiger partial charge on any atom is 0.265 e. The lowest BCUT2D eigenvalue weighted by atomic mass is 10.0. The zero-order valence-corrected chi connectivity index (χ0v) is 17.4. The SMILES string of the molecule is CCc1ccc([C@H](CNC(=O)CCN2C(=O)COc3ccccc32)N(C)C)cc1. The molecule has 1 heterocycles. The first-order valence-corrected chi connectivity index (χ1v) is 10.0. The van der Waals surface area contributed by atoms with E-state index in [9.17, 15) is 9.59 Å². The minimum Gasteiger partial charge on any atom is -0.482 e. The number of likely N-dealkylation sites (N-methyl/N-ethyl adjacent to an activating group) is 1. The van der Waals surface area contributed by atoms with Crippen molar-refractivity contribution in [1.82, 2.24) is 10.2 Å². The second-order valence-electron chi connectivity index (χ2n) is 7.43. The van der Waals surface area contributed by atoms with Crippen LogP contribution in [-0.4, -0.2) is 50.5 Å². The van der Waals surface area contributed by atoms with Gasteiger partial charge in [0.05, 0.1) is 11.7 Å². The van der Waals surface area contributed by atoms with E-state index in [-0.39, 0.29) is 30.9 Å². The van der Waals surface area contributed by atoms with Crippen molar-refractivity contribution in [2.75, 3.05) is 38.7 Å². The van der Waals surface area contributed by atoms with Gasteiger partial charge in [-0.15, -0.1) is 0 Å². The second-order valence-corrected chi connectivity index (χ2v) is 7.43. The number of anilines is 1. The van der Waals surface area contributed by atoms with Gasteiger partial charge in [0.2, 0.25) is 5.91 Å². The molecule has 0 spiro atoms. The summed E-state index contributed by atoms with van der Waals surface area (Å²) >= 11 is 0. The predicted molar refractivity (Wildman–Crippen MR) is 114 cm³/mol. The molecule has 29 heavy (non-hydrogen) atoms. The molecule has 0 radical (unpaired) electrons. The first-order chi connectivity index (χ1) is 14.0. The van der Waals surface area contributed by atoms with Crippen molar-refractivity contribution in [2.24, 2.45) is 0 Å². The fourth-order valence-electron chi connectivity index (χ4n) is 3.49. The molecule has 2 amide bonds. The van der Waals surface area contributed by atoms with Crippen molar-refractivity contribution in [1.29, 1.82) is 0 Å². The van der Waals surface area contributed by atoms with Gasteiger partial charge >= 0.3 is 0 Å². The van der Waals surface area contributed by atoms with Gasteiger partial charge in [-0.3, -0.25) is 9.59 Å². The number of hydrogen-bond acceptors (Lipinski definition) is 4. The largest absolute Gasteiger partial charge is 0.482 e. The van der Waals surface area contributed by atoms with Crippen LogP contribution in [0.15, 0.2) is 48.5 Å². The minimum atomic E-state index is -0.126. The van der Waals surface area contributed by atoms with Crippen LogP contribution in [-0.2, 0) is 16.0 Å². The molecule has 0 aliphatic carbocycles. The third-order valence-corrected chi connectivity index (χ3v) is 5.26. The number of nitrogens with zero attached hydrogens (tertiary/aromatic N) is 2. The van der Waals surface area contributed by atoms with Crippen LogP contribution >= 0.6 is 0 Å². The molecule has 3 rings (SSSR count). The van der Waals surface area contributed by atoms with Gasteiger partial charge in [-0.2, -0.15) is 0 Å². The van der Waals surface area contributed by atoms with Crippen molar-refractivity contribution in [3.8, 4) is 5.75 Å². The quantitative estimate of drug-likeness (QED) is 0.747. The lowest BCUT2D eigenvalue weighted by Crippen LogP contribution is -2.41. The summed E-state index contributed by atoms with van der Waals surface area (Å²) in [5.74, 6) is 0.480. The number of fused-ring (bicyclic) bond motifs is 1.